The number of fused-ring (bicyclic) bond motifs is 4. The molecule has 3 fully saturated rings. The number of rotatable bonds is 4. The van der Waals surface area contributed by atoms with Gasteiger partial charge in [0.1, 0.15) is 11.9 Å². The van der Waals surface area contributed by atoms with E-state index in [9.17, 15) is 4.79 Å². The monoisotopic (exact) mass is 406 g/mol. The summed E-state index contributed by atoms with van der Waals surface area (Å²) in [6.45, 7) is 3.20. The highest BCUT2D eigenvalue weighted by molar-refractivity contribution is 5.69. The van der Waals surface area contributed by atoms with E-state index in [0.717, 1.165) is 57.5 Å². The van der Waals surface area contributed by atoms with E-state index in [1.165, 1.54) is 22.3 Å². The van der Waals surface area contributed by atoms with Crippen molar-refractivity contribution in [3.8, 4) is 16.9 Å². The Labute approximate surface area is 178 Å². The van der Waals surface area contributed by atoms with Crippen molar-refractivity contribution in [2.24, 2.45) is 5.92 Å². The first-order chi connectivity index (χ1) is 14.7. The molecule has 0 aromatic heterocycles. The second-order valence-electron chi connectivity index (χ2n) is 8.81. The van der Waals surface area contributed by atoms with E-state index in [4.69, 9.17) is 9.47 Å². The van der Waals surface area contributed by atoms with Crippen molar-refractivity contribution in [2.75, 3.05) is 26.7 Å². The molecule has 30 heavy (non-hydrogen) atoms. The summed E-state index contributed by atoms with van der Waals surface area (Å²) < 4.78 is 11.1. The van der Waals surface area contributed by atoms with Crippen molar-refractivity contribution >= 4 is 6.09 Å². The van der Waals surface area contributed by atoms with Gasteiger partial charge in [-0.05, 0) is 85.5 Å². The Morgan fingerprint density at radius 1 is 1.03 bits per heavy atom. The minimum atomic E-state index is -0.258. The van der Waals surface area contributed by atoms with E-state index in [2.05, 4.69) is 40.5 Å². The highest BCUT2D eigenvalue weighted by atomic mass is 16.6. The zero-order valence-corrected chi connectivity index (χ0v) is 17.6. The van der Waals surface area contributed by atoms with Crippen LogP contribution in [0.4, 0.5) is 4.79 Å². The molecule has 1 N–H and O–H groups in total. The summed E-state index contributed by atoms with van der Waals surface area (Å²) in [7, 11) is 1.68. The Balaban J connectivity index is 1.27. The molecule has 2 bridgehead atoms. The fraction of sp³-hybridized carbons (Fsp3) is 0.480. The quantitative estimate of drug-likeness (QED) is 0.809. The van der Waals surface area contributed by atoms with Crippen LogP contribution < -0.4 is 10.1 Å². The first-order valence-corrected chi connectivity index (χ1v) is 11.2. The summed E-state index contributed by atoms with van der Waals surface area (Å²) in [5, 5.41) is 3.16. The Morgan fingerprint density at radius 3 is 2.50 bits per heavy atom. The predicted molar refractivity (Wildman–Crippen MR) is 117 cm³/mol. The van der Waals surface area contributed by atoms with Gasteiger partial charge in [-0.2, -0.15) is 0 Å². The smallest absolute Gasteiger partial charge is 0.407 e. The molecule has 2 atom stereocenters. The van der Waals surface area contributed by atoms with Crippen molar-refractivity contribution in [1.82, 2.24) is 10.2 Å². The van der Waals surface area contributed by atoms with Crippen LogP contribution in [0.2, 0.25) is 0 Å². The number of carbonyl (C=O) groups is 1. The average Bonchev–Trinajstić information content (AvgIpc) is 2.80. The van der Waals surface area contributed by atoms with Crippen molar-refractivity contribution < 1.29 is 14.3 Å². The lowest BCUT2D eigenvalue weighted by atomic mass is 9.85. The van der Waals surface area contributed by atoms with Crippen molar-refractivity contribution in [1.29, 1.82) is 0 Å². The molecule has 4 aliphatic rings. The number of hydrogen-bond donors (Lipinski definition) is 1. The van der Waals surface area contributed by atoms with E-state index in [0.29, 0.717) is 5.92 Å². The van der Waals surface area contributed by atoms with Gasteiger partial charge in [0.15, 0.2) is 0 Å². The molecule has 1 amide bonds. The number of ether oxygens (including phenoxy) is 2. The molecule has 3 heterocycles. The summed E-state index contributed by atoms with van der Waals surface area (Å²) in [4.78, 5) is 15.1. The van der Waals surface area contributed by atoms with E-state index in [1.54, 1.807) is 7.11 Å². The fourth-order valence-corrected chi connectivity index (χ4v) is 5.29. The summed E-state index contributed by atoms with van der Waals surface area (Å²) >= 11 is 0. The maximum atomic E-state index is 12.7. The number of piperidine rings is 3. The molecule has 3 aliphatic heterocycles. The van der Waals surface area contributed by atoms with Crippen LogP contribution in [0.15, 0.2) is 42.5 Å². The molecule has 5 heteroatoms. The van der Waals surface area contributed by atoms with Crippen LogP contribution in [0.3, 0.4) is 0 Å². The zero-order chi connectivity index (χ0) is 20.5. The fourth-order valence-electron chi connectivity index (χ4n) is 5.29. The molecular weight excluding hydrogens is 376 g/mol. The highest BCUT2D eigenvalue weighted by Gasteiger charge is 2.37. The molecule has 0 radical (unpaired) electrons. The van der Waals surface area contributed by atoms with Gasteiger partial charge in [-0.3, -0.25) is 4.90 Å². The second kappa shape index (κ2) is 8.31. The number of carbonyl (C=O) groups excluding carboxylic acids is 1. The third kappa shape index (κ3) is 3.91. The van der Waals surface area contributed by atoms with Crippen LogP contribution in [-0.4, -0.2) is 43.8 Å². The summed E-state index contributed by atoms with van der Waals surface area (Å²) in [6.07, 6.45) is 5.18. The van der Waals surface area contributed by atoms with E-state index >= 15 is 0 Å². The number of hydrogen-bond acceptors (Lipinski definition) is 4. The van der Waals surface area contributed by atoms with Crippen LogP contribution in [0.5, 0.6) is 5.75 Å². The normalized spacial score (nSPS) is 27.2. The number of nitrogens with zero attached hydrogens (tertiary/aromatic N) is 1. The maximum absolute atomic E-state index is 12.7. The summed E-state index contributed by atoms with van der Waals surface area (Å²) in [6, 6.07) is 14.8. The Kier molecular flexibility index (Phi) is 5.38. The number of alkyl carbamates (subject to hydrolysis) is 1. The third-order valence-electron chi connectivity index (χ3n) is 7.03. The van der Waals surface area contributed by atoms with Gasteiger partial charge < -0.3 is 14.8 Å². The second-order valence-corrected chi connectivity index (χ2v) is 8.81. The predicted octanol–water partition coefficient (Wildman–Crippen LogP) is 4.56. The average molecular weight is 407 g/mol. The first kappa shape index (κ1) is 19.4. The Hall–Kier alpha value is -2.53. The number of methoxy groups -OCH3 is 1. The zero-order valence-electron chi connectivity index (χ0n) is 17.6. The topological polar surface area (TPSA) is 50.8 Å². The van der Waals surface area contributed by atoms with Gasteiger partial charge in [0.2, 0.25) is 0 Å². The van der Waals surface area contributed by atoms with Gasteiger partial charge in [0.05, 0.1) is 13.2 Å². The van der Waals surface area contributed by atoms with Crippen molar-refractivity contribution in [3.63, 3.8) is 0 Å². The van der Waals surface area contributed by atoms with Gasteiger partial charge in [-0.15, -0.1) is 0 Å². The molecule has 5 nitrogen and oxygen atoms in total. The lowest BCUT2D eigenvalue weighted by Crippen LogP contribution is -2.52. The molecule has 6 rings (SSSR count). The van der Waals surface area contributed by atoms with E-state index < -0.39 is 0 Å². The standard InChI is InChI=1S/C25H30N2O3/c1-29-21-8-5-17(6-9-21)19-7-10-22-20(15-19)3-2-4-23(22)26-25(28)30-24-16-27-13-11-18(24)12-14-27/h5-10,15,18,23-24H,2-4,11-14,16H2,1H3,(H,26,28)/t23?,24-/m1/s1. The van der Waals surface area contributed by atoms with Gasteiger partial charge in [-0.1, -0.05) is 30.3 Å². The van der Waals surface area contributed by atoms with Crippen LogP contribution in [0.1, 0.15) is 42.9 Å². The molecule has 1 aliphatic carbocycles. The highest BCUT2D eigenvalue weighted by Crippen LogP contribution is 2.34. The van der Waals surface area contributed by atoms with E-state index in [1.807, 2.05) is 12.1 Å². The summed E-state index contributed by atoms with van der Waals surface area (Å²) in [5.41, 5.74) is 4.93. The summed E-state index contributed by atoms with van der Waals surface area (Å²) in [5.74, 6) is 1.40. The molecule has 1 unspecified atom stereocenters. The Morgan fingerprint density at radius 2 is 1.80 bits per heavy atom. The molecule has 3 saturated heterocycles. The molecule has 2 aromatic carbocycles. The van der Waals surface area contributed by atoms with Crippen molar-refractivity contribution in [3.05, 3.63) is 53.6 Å². The molecule has 158 valence electrons. The van der Waals surface area contributed by atoms with Crippen LogP contribution in [-0.2, 0) is 11.2 Å². The van der Waals surface area contributed by atoms with Gasteiger partial charge in [0.25, 0.3) is 0 Å². The molecule has 0 saturated carbocycles. The van der Waals surface area contributed by atoms with Crippen LogP contribution >= 0.6 is 0 Å². The third-order valence-corrected chi connectivity index (χ3v) is 7.03. The number of aryl methyl sites for hydroxylation is 1. The largest absolute Gasteiger partial charge is 0.497 e. The number of amides is 1. The minimum Gasteiger partial charge on any atom is -0.497 e. The van der Waals surface area contributed by atoms with Gasteiger partial charge in [0, 0.05) is 6.54 Å². The van der Waals surface area contributed by atoms with E-state index in [-0.39, 0.29) is 18.2 Å². The minimum absolute atomic E-state index is 0.0345. The van der Waals surface area contributed by atoms with Gasteiger partial charge >= 0.3 is 6.09 Å². The number of benzene rings is 2. The molecule has 2 aromatic rings. The maximum Gasteiger partial charge on any atom is 0.407 e. The SMILES string of the molecule is COc1ccc(-c2ccc3c(c2)CCCC3NC(=O)O[C@@H]2CN3CCC2CC3)cc1. The van der Waals surface area contributed by atoms with Crippen molar-refractivity contribution in [2.45, 2.75) is 44.2 Å². The number of nitrogens with one attached hydrogen (secondary N) is 1. The van der Waals surface area contributed by atoms with Crippen LogP contribution in [0.25, 0.3) is 11.1 Å². The molecule has 0 spiro atoms. The lowest BCUT2D eigenvalue weighted by molar-refractivity contribution is -0.0340. The Bertz CT molecular complexity index is 903. The van der Waals surface area contributed by atoms with Gasteiger partial charge in [-0.25, -0.2) is 4.79 Å². The molecular formula is C25H30N2O3. The first-order valence-electron chi connectivity index (χ1n) is 11.2. The lowest BCUT2D eigenvalue weighted by Gasteiger charge is -2.44. The van der Waals surface area contributed by atoms with Crippen LogP contribution in [0, 0.1) is 5.92 Å².